The number of nitrogens with two attached hydrogens (primary N) is 1. The van der Waals surface area contributed by atoms with E-state index in [2.05, 4.69) is 9.97 Å². The van der Waals surface area contributed by atoms with Gasteiger partial charge in [0.25, 0.3) is 0 Å². The van der Waals surface area contributed by atoms with Crippen LogP contribution in [0.3, 0.4) is 0 Å². The average Bonchev–Trinajstić information content (AvgIpc) is 2.81. The zero-order valence-corrected chi connectivity index (χ0v) is 10.8. The number of rotatable bonds is 3. The number of aromatic nitrogens is 2. The van der Waals surface area contributed by atoms with Gasteiger partial charge in [-0.15, -0.1) is 11.3 Å². The van der Waals surface area contributed by atoms with E-state index >= 15 is 0 Å². The minimum atomic E-state index is 0.489. The first kappa shape index (κ1) is 11.4. The van der Waals surface area contributed by atoms with Crippen LogP contribution in [0.25, 0.3) is 21.1 Å². The van der Waals surface area contributed by atoms with Crippen molar-refractivity contribution in [3.05, 3.63) is 29.3 Å². The highest BCUT2D eigenvalue weighted by atomic mass is 32.1. The third-order valence-electron chi connectivity index (χ3n) is 2.73. The Hall–Kier alpha value is -1.72. The number of nitrogen functional groups attached to an aromatic ring is 1. The molecule has 0 spiro atoms. The van der Waals surface area contributed by atoms with E-state index in [0.717, 1.165) is 26.1 Å². The minimum absolute atomic E-state index is 0.489. The molecule has 0 aliphatic heterocycles. The summed E-state index contributed by atoms with van der Waals surface area (Å²) in [5.74, 6) is 0.489. The maximum atomic E-state index is 5.96. The fourth-order valence-electron chi connectivity index (χ4n) is 1.92. The van der Waals surface area contributed by atoms with E-state index in [-0.39, 0.29) is 0 Å². The maximum Gasteiger partial charge on any atom is 0.151 e. The molecule has 0 unspecified atom stereocenters. The Kier molecular flexibility index (Phi) is 2.85. The summed E-state index contributed by atoms with van der Waals surface area (Å²) in [6.45, 7) is 3.19. The molecular weight excluding hydrogens is 246 g/mol. The van der Waals surface area contributed by atoms with Crippen LogP contribution in [-0.4, -0.2) is 16.6 Å². The largest absolute Gasteiger partial charge is 0.382 e. The van der Waals surface area contributed by atoms with Crippen LogP contribution in [0.15, 0.2) is 24.3 Å². The number of thiazole rings is 1. The SMILES string of the molecule is CCOCc1nc2c(N)nc3ccccc3c2s1. The van der Waals surface area contributed by atoms with Crippen LogP contribution in [0.2, 0.25) is 0 Å². The van der Waals surface area contributed by atoms with Crippen LogP contribution in [0.1, 0.15) is 11.9 Å². The van der Waals surface area contributed by atoms with Gasteiger partial charge in [0.1, 0.15) is 10.5 Å². The third-order valence-corrected chi connectivity index (χ3v) is 3.80. The van der Waals surface area contributed by atoms with Crippen molar-refractivity contribution in [1.29, 1.82) is 0 Å². The maximum absolute atomic E-state index is 5.96. The number of benzene rings is 1. The zero-order chi connectivity index (χ0) is 12.5. The number of fused-ring (bicyclic) bond motifs is 3. The molecule has 0 atom stereocenters. The second kappa shape index (κ2) is 4.51. The molecule has 0 bridgehead atoms. The van der Waals surface area contributed by atoms with Gasteiger partial charge in [-0.1, -0.05) is 18.2 Å². The Morgan fingerprint density at radius 3 is 2.94 bits per heavy atom. The molecule has 0 radical (unpaired) electrons. The summed E-state index contributed by atoms with van der Waals surface area (Å²) in [5, 5.41) is 2.04. The molecule has 2 N–H and O–H groups in total. The van der Waals surface area contributed by atoms with E-state index in [1.165, 1.54) is 0 Å². The van der Waals surface area contributed by atoms with Gasteiger partial charge in [-0.3, -0.25) is 0 Å². The highest BCUT2D eigenvalue weighted by Gasteiger charge is 2.11. The zero-order valence-electron chi connectivity index (χ0n) is 10.0. The Labute approximate surface area is 108 Å². The topological polar surface area (TPSA) is 61.0 Å². The summed E-state index contributed by atoms with van der Waals surface area (Å²) in [4.78, 5) is 8.88. The molecule has 4 nitrogen and oxygen atoms in total. The Morgan fingerprint density at radius 1 is 1.28 bits per heavy atom. The van der Waals surface area contributed by atoms with Crippen molar-refractivity contribution in [2.75, 3.05) is 12.3 Å². The first-order valence-corrected chi connectivity index (χ1v) is 6.62. The van der Waals surface area contributed by atoms with Crippen molar-refractivity contribution in [3.8, 4) is 0 Å². The van der Waals surface area contributed by atoms with E-state index in [0.29, 0.717) is 19.0 Å². The second-order valence-corrected chi connectivity index (χ2v) is 5.02. The van der Waals surface area contributed by atoms with Gasteiger partial charge in [-0.25, -0.2) is 9.97 Å². The summed E-state index contributed by atoms with van der Waals surface area (Å²) in [7, 11) is 0. The Balaban J connectivity index is 2.24. The third kappa shape index (κ3) is 1.81. The van der Waals surface area contributed by atoms with Crippen molar-refractivity contribution >= 4 is 38.3 Å². The van der Waals surface area contributed by atoms with Gasteiger partial charge in [0.15, 0.2) is 5.82 Å². The Morgan fingerprint density at radius 2 is 2.11 bits per heavy atom. The van der Waals surface area contributed by atoms with E-state index < -0.39 is 0 Å². The van der Waals surface area contributed by atoms with Crippen molar-refractivity contribution in [2.45, 2.75) is 13.5 Å². The van der Waals surface area contributed by atoms with Crippen molar-refractivity contribution in [1.82, 2.24) is 9.97 Å². The van der Waals surface area contributed by atoms with Gasteiger partial charge in [0.2, 0.25) is 0 Å². The number of anilines is 1. The van der Waals surface area contributed by atoms with E-state index in [1.807, 2.05) is 31.2 Å². The van der Waals surface area contributed by atoms with Gasteiger partial charge in [-0.05, 0) is 13.0 Å². The molecule has 0 amide bonds. The normalized spacial score (nSPS) is 11.4. The first-order valence-electron chi connectivity index (χ1n) is 5.81. The van der Waals surface area contributed by atoms with Gasteiger partial charge in [0, 0.05) is 12.0 Å². The molecule has 0 saturated carbocycles. The van der Waals surface area contributed by atoms with Gasteiger partial charge < -0.3 is 10.5 Å². The summed E-state index contributed by atoms with van der Waals surface area (Å²) in [6.07, 6.45) is 0. The minimum Gasteiger partial charge on any atom is -0.382 e. The average molecular weight is 259 g/mol. The fraction of sp³-hybridized carbons (Fsp3) is 0.231. The van der Waals surface area contributed by atoms with Gasteiger partial charge in [-0.2, -0.15) is 0 Å². The first-order chi connectivity index (χ1) is 8.79. The standard InChI is InChI=1S/C13H13N3OS/c1-2-17-7-10-16-11-12(18-10)8-5-3-4-6-9(8)15-13(11)14/h3-6H,2,7H2,1H3,(H2,14,15). The molecule has 5 heteroatoms. The number of para-hydroxylation sites is 1. The summed E-state index contributed by atoms with van der Waals surface area (Å²) < 4.78 is 6.48. The quantitative estimate of drug-likeness (QED) is 0.785. The predicted molar refractivity (Wildman–Crippen MR) is 74.7 cm³/mol. The van der Waals surface area contributed by atoms with Crippen LogP contribution in [0.4, 0.5) is 5.82 Å². The monoisotopic (exact) mass is 259 g/mol. The molecule has 1 aromatic carbocycles. The van der Waals surface area contributed by atoms with Gasteiger partial charge in [0.05, 0.1) is 16.8 Å². The van der Waals surface area contributed by atoms with E-state index in [4.69, 9.17) is 10.5 Å². The fourth-order valence-corrected chi connectivity index (χ4v) is 2.96. The molecule has 0 aliphatic carbocycles. The molecule has 18 heavy (non-hydrogen) atoms. The highest BCUT2D eigenvalue weighted by Crippen LogP contribution is 2.32. The number of hydrogen-bond acceptors (Lipinski definition) is 5. The summed E-state index contributed by atoms with van der Waals surface area (Å²) in [6, 6.07) is 7.98. The molecule has 3 aromatic rings. The smallest absolute Gasteiger partial charge is 0.151 e. The molecule has 92 valence electrons. The lowest BCUT2D eigenvalue weighted by Crippen LogP contribution is -1.93. The number of nitrogens with zero attached hydrogens (tertiary/aromatic N) is 2. The highest BCUT2D eigenvalue weighted by molar-refractivity contribution is 7.19. The van der Waals surface area contributed by atoms with Crippen LogP contribution >= 0.6 is 11.3 Å². The summed E-state index contributed by atoms with van der Waals surface area (Å²) in [5.41, 5.74) is 7.65. The number of hydrogen-bond donors (Lipinski definition) is 1. The van der Waals surface area contributed by atoms with Crippen LogP contribution in [-0.2, 0) is 11.3 Å². The predicted octanol–water partition coefficient (Wildman–Crippen LogP) is 2.96. The number of ether oxygens (including phenoxy) is 1. The lowest BCUT2D eigenvalue weighted by Gasteiger charge is -1.99. The molecule has 0 saturated heterocycles. The Bertz CT molecular complexity index is 708. The second-order valence-electron chi connectivity index (χ2n) is 3.94. The van der Waals surface area contributed by atoms with Crippen molar-refractivity contribution < 1.29 is 4.74 Å². The lowest BCUT2D eigenvalue weighted by atomic mass is 10.2. The van der Waals surface area contributed by atoms with Crippen LogP contribution in [0, 0.1) is 0 Å². The van der Waals surface area contributed by atoms with Crippen molar-refractivity contribution in [3.63, 3.8) is 0 Å². The molecule has 2 aromatic heterocycles. The molecule has 0 aliphatic rings. The van der Waals surface area contributed by atoms with Gasteiger partial charge >= 0.3 is 0 Å². The van der Waals surface area contributed by atoms with E-state index in [9.17, 15) is 0 Å². The molecule has 3 rings (SSSR count). The molecule has 2 heterocycles. The molecular formula is C13H13N3OS. The lowest BCUT2D eigenvalue weighted by molar-refractivity contribution is 0.134. The summed E-state index contributed by atoms with van der Waals surface area (Å²) >= 11 is 1.62. The van der Waals surface area contributed by atoms with Crippen LogP contribution in [0.5, 0.6) is 0 Å². The van der Waals surface area contributed by atoms with E-state index in [1.54, 1.807) is 11.3 Å². The number of pyridine rings is 1. The molecule has 0 fully saturated rings. The van der Waals surface area contributed by atoms with Crippen LogP contribution < -0.4 is 5.73 Å². The van der Waals surface area contributed by atoms with Crippen molar-refractivity contribution in [2.24, 2.45) is 0 Å².